The molecule has 2 atom stereocenters. The van der Waals surface area contributed by atoms with Crippen LogP contribution in [0.15, 0.2) is 10.5 Å². The number of carbonyl (C=O) groups is 1. The van der Waals surface area contributed by atoms with E-state index in [0.717, 1.165) is 37.7 Å². The Balaban J connectivity index is 1.51. The first-order valence-electron chi connectivity index (χ1n) is 10.2. The third-order valence-corrected chi connectivity index (χ3v) is 6.55. The van der Waals surface area contributed by atoms with Gasteiger partial charge in [-0.15, -0.1) is 0 Å². The summed E-state index contributed by atoms with van der Waals surface area (Å²) >= 11 is 6.51. The quantitative estimate of drug-likeness (QED) is 0.696. The van der Waals surface area contributed by atoms with Crippen molar-refractivity contribution in [2.24, 2.45) is 0 Å². The van der Waals surface area contributed by atoms with E-state index in [9.17, 15) is 9.18 Å². The van der Waals surface area contributed by atoms with Crippen molar-refractivity contribution < 1.29 is 18.3 Å². The molecule has 5 rings (SSSR count). The van der Waals surface area contributed by atoms with Gasteiger partial charge < -0.3 is 25.1 Å². The molecule has 1 aromatic carbocycles. The van der Waals surface area contributed by atoms with E-state index in [2.05, 4.69) is 20.9 Å². The van der Waals surface area contributed by atoms with Crippen molar-refractivity contribution in [3.63, 3.8) is 0 Å². The highest BCUT2D eigenvalue weighted by molar-refractivity contribution is 6.35. The summed E-state index contributed by atoms with van der Waals surface area (Å²) in [5, 5.41) is 9.62. The molecule has 2 unspecified atom stereocenters. The standard InChI is InChI=1S/C20H24ClFN4O3/c21-11-8-14-18(29-15(24-14)9-23-13-4-7-28-10-12(13)22)16-17(11)25-19(27)26-20(16)5-2-1-3-6-20/h8,12-13,23H,1-7,9-10H2,(H2,25,26,27). The van der Waals surface area contributed by atoms with Crippen molar-refractivity contribution in [2.45, 2.75) is 62.8 Å². The second kappa shape index (κ2) is 7.41. The number of nitrogens with one attached hydrogen (secondary N) is 3. The highest BCUT2D eigenvalue weighted by Gasteiger charge is 2.44. The zero-order valence-corrected chi connectivity index (χ0v) is 16.8. The van der Waals surface area contributed by atoms with Crippen LogP contribution < -0.4 is 16.0 Å². The third kappa shape index (κ3) is 3.37. The zero-order chi connectivity index (χ0) is 20.0. The number of anilines is 1. The number of ether oxygens (including phenoxy) is 1. The summed E-state index contributed by atoms with van der Waals surface area (Å²) in [5.41, 5.74) is 2.28. The Morgan fingerprint density at radius 2 is 2.17 bits per heavy atom. The van der Waals surface area contributed by atoms with Crippen molar-refractivity contribution in [3.8, 4) is 0 Å². The first-order chi connectivity index (χ1) is 14.1. The topological polar surface area (TPSA) is 88.4 Å². The highest BCUT2D eigenvalue weighted by Crippen LogP contribution is 2.48. The molecule has 1 saturated heterocycles. The first-order valence-corrected chi connectivity index (χ1v) is 10.6. The van der Waals surface area contributed by atoms with Crippen molar-refractivity contribution in [1.82, 2.24) is 15.6 Å². The predicted octanol–water partition coefficient (Wildman–Crippen LogP) is 3.99. The van der Waals surface area contributed by atoms with E-state index in [-0.39, 0.29) is 18.7 Å². The molecule has 7 nitrogen and oxygen atoms in total. The molecule has 29 heavy (non-hydrogen) atoms. The molecule has 2 aliphatic heterocycles. The molecule has 1 saturated carbocycles. The van der Waals surface area contributed by atoms with E-state index >= 15 is 0 Å². The van der Waals surface area contributed by atoms with E-state index in [0.29, 0.717) is 47.3 Å². The van der Waals surface area contributed by atoms with Gasteiger partial charge in [0.05, 0.1) is 29.4 Å². The largest absolute Gasteiger partial charge is 0.439 e. The molecule has 1 aromatic heterocycles. The number of halogens is 2. The van der Waals surface area contributed by atoms with Crippen LogP contribution in [0.1, 0.15) is 50.0 Å². The molecule has 3 aliphatic rings. The fourth-order valence-electron chi connectivity index (χ4n) is 4.84. The average Bonchev–Trinajstić information content (AvgIpc) is 3.10. The molecule has 0 bridgehead atoms. The minimum atomic E-state index is -1.04. The van der Waals surface area contributed by atoms with Crippen LogP contribution in [0.2, 0.25) is 5.02 Å². The van der Waals surface area contributed by atoms with Crippen molar-refractivity contribution in [3.05, 3.63) is 22.5 Å². The Bertz CT molecular complexity index is 943. The van der Waals surface area contributed by atoms with Crippen LogP contribution in [0.25, 0.3) is 11.1 Å². The minimum absolute atomic E-state index is 0.113. The van der Waals surface area contributed by atoms with E-state index in [1.54, 1.807) is 6.07 Å². The number of carbonyl (C=O) groups excluding carboxylic acids is 1. The maximum Gasteiger partial charge on any atom is 0.319 e. The summed E-state index contributed by atoms with van der Waals surface area (Å²) in [6, 6.07) is 1.20. The van der Waals surface area contributed by atoms with Crippen LogP contribution in [0.5, 0.6) is 0 Å². The van der Waals surface area contributed by atoms with Crippen molar-refractivity contribution in [1.29, 1.82) is 0 Å². The lowest BCUT2D eigenvalue weighted by atomic mass is 9.74. The Labute approximate surface area is 172 Å². The van der Waals surface area contributed by atoms with Crippen LogP contribution in [-0.2, 0) is 16.8 Å². The number of benzene rings is 1. The molecule has 2 amide bonds. The van der Waals surface area contributed by atoms with Crippen LogP contribution in [0, 0.1) is 0 Å². The van der Waals surface area contributed by atoms with Gasteiger partial charge in [-0.05, 0) is 25.3 Å². The van der Waals surface area contributed by atoms with Gasteiger partial charge in [-0.2, -0.15) is 0 Å². The van der Waals surface area contributed by atoms with Crippen molar-refractivity contribution >= 4 is 34.4 Å². The predicted molar refractivity (Wildman–Crippen MR) is 107 cm³/mol. The molecule has 2 aromatic rings. The zero-order valence-electron chi connectivity index (χ0n) is 16.0. The van der Waals surface area contributed by atoms with Gasteiger partial charge in [-0.1, -0.05) is 30.9 Å². The number of fused-ring (bicyclic) bond motifs is 4. The maximum atomic E-state index is 14.0. The lowest BCUT2D eigenvalue weighted by molar-refractivity contribution is 0.0130. The Morgan fingerprint density at radius 1 is 1.34 bits per heavy atom. The number of hydrogen-bond acceptors (Lipinski definition) is 5. The normalized spacial score (nSPS) is 26.2. The summed E-state index contributed by atoms with van der Waals surface area (Å²) in [7, 11) is 0. The third-order valence-electron chi connectivity index (χ3n) is 6.26. The molecule has 3 heterocycles. The number of rotatable bonds is 3. The number of urea groups is 1. The lowest BCUT2D eigenvalue weighted by Crippen LogP contribution is -2.52. The van der Waals surface area contributed by atoms with Gasteiger partial charge in [0.15, 0.2) is 5.58 Å². The second-order valence-corrected chi connectivity index (χ2v) is 8.56. The van der Waals surface area contributed by atoms with Crippen LogP contribution in [0.3, 0.4) is 0 Å². The molecule has 3 N–H and O–H groups in total. The molecule has 1 aliphatic carbocycles. The summed E-state index contributed by atoms with van der Waals surface area (Å²) in [6.07, 6.45) is 4.44. The summed E-state index contributed by atoms with van der Waals surface area (Å²) in [4.78, 5) is 16.9. The lowest BCUT2D eigenvalue weighted by Gasteiger charge is -2.42. The smallest absolute Gasteiger partial charge is 0.319 e. The molecule has 9 heteroatoms. The fourth-order valence-corrected chi connectivity index (χ4v) is 5.09. The average molecular weight is 423 g/mol. The molecular formula is C20H24ClFN4O3. The van der Waals surface area contributed by atoms with E-state index in [4.69, 9.17) is 20.8 Å². The van der Waals surface area contributed by atoms with E-state index < -0.39 is 11.7 Å². The van der Waals surface area contributed by atoms with Gasteiger partial charge in [-0.3, -0.25) is 0 Å². The fraction of sp³-hybridized carbons (Fsp3) is 0.600. The number of alkyl halides is 1. The van der Waals surface area contributed by atoms with Gasteiger partial charge in [-0.25, -0.2) is 14.2 Å². The summed E-state index contributed by atoms with van der Waals surface area (Å²) in [6.45, 7) is 0.976. The number of oxazole rings is 1. The molecule has 156 valence electrons. The molecule has 1 spiro atoms. The van der Waals surface area contributed by atoms with Gasteiger partial charge in [0.2, 0.25) is 5.89 Å². The number of aromatic nitrogens is 1. The maximum absolute atomic E-state index is 14.0. The number of amides is 2. The van der Waals surface area contributed by atoms with E-state index in [1.165, 1.54) is 0 Å². The van der Waals surface area contributed by atoms with Crippen LogP contribution >= 0.6 is 11.6 Å². The SMILES string of the molecule is O=C1Nc2c(Cl)cc3nc(CNC4CCOCC4F)oc3c2C2(CCCCC2)N1. The minimum Gasteiger partial charge on any atom is -0.439 e. The van der Waals surface area contributed by atoms with Crippen LogP contribution in [-0.4, -0.2) is 36.4 Å². The first kappa shape index (κ1) is 19.1. The Hall–Kier alpha value is -1.90. The Morgan fingerprint density at radius 3 is 2.97 bits per heavy atom. The van der Waals surface area contributed by atoms with E-state index in [1.807, 2.05) is 0 Å². The van der Waals surface area contributed by atoms with Gasteiger partial charge in [0, 0.05) is 18.2 Å². The second-order valence-electron chi connectivity index (χ2n) is 8.15. The monoisotopic (exact) mass is 422 g/mol. The number of hydrogen-bond donors (Lipinski definition) is 3. The summed E-state index contributed by atoms with van der Waals surface area (Å²) in [5.74, 6) is 0.478. The van der Waals surface area contributed by atoms with Gasteiger partial charge in [0.1, 0.15) is 11.7 Å². The van der Waals surface area contributed by atoms with Gasteiger partial charge in [0.25, 0.3) is 0 Å². The Kier molecular flexibility index (Phi) is 4.88. The molecule has 2 fully saturated rings. The number of nitrogens with zero attached hydrogens (tertiary/aromatic N) is 1. The summed E-state index contributed by atoms with van der Waals surface area (Å²) < 4.78 is 25.3. The molecule has 0 radical (unpaired) electrons. The van der Waals surface area contributed by atoms with Gasteiger partial charge >= 0.3 is 6.03 Å². The van der Waals surface area contributed by atoms with Crippen molar-refractivity contribution in [2.75, 3.05) is 18.5 Å². The highest BCUT2D eigenvalue weighted by atomic mass is 35.5. The van der Waals surface area contributed by atoms with Crippen LogP contribution in [0.4, 0.5) is 14.9 Å². The molecular weight excluding hydrogens is 399 g/mol.